The third-order valence-corrected chi connectivity index (χ3v) is 8.23. The fourth-order valence-electron chi connectivity index (χ4n) is 6.49. The van der Waals surface area contributed by atoms with Gasteiger partial charge in [-0.3, -0.25) is 0 Å². The molecule has 3 aromatic carbocycles. The molecule has 2 heterocycles. The van der Waals surface area contributed by atoms with E-state index in [0.29, 0.717) is 19.4 Å². The van der Waals surface area contributed by atoms with Gasteiger partial charge in [0.15, 0.2) is 0 Å². The Morgan fingerprint density at radius 2 is 1.49 bits per heavy atom. The SMILES string of the molecule is C=C(C)c1ccc(C2(O)CC3CCC(C2)N3C(=O)OCC2c3ccccc3-c3ccccc32)cc1. The van der Waals surface area contributed by atoms with Crippen LogP contribution in [0.1, 0.15) is 60.8 Å². The highest BCUT2D eigenvalue weighted by Gasteiger charge is 2.50. The summed E-state index contributed by atoms with van der Waals surface area (Å²) in [6.45, 7) is 6.31. The molecular weight excluding hydrogens is 434 g/mol. The number of piperidine rings is 1. The minimum Gasteiger partial charge on any atom is -0.448 e. The third-order valence-electron chi connectivity index (χ3n) is 8.23. The Morgan fingerprint density at radius 1 is 0.943 bits per heavy atom. The lowest BCUT2D eigenvalue weighted by molar-refractivity contribution is -0.0531. The van der Waals surface area contributed by atoms with Crippen molar-refractivity contribution in [2.75, 3.05) is 6.61 Å². The summed E-state index contributed by atoms with van der Waals surface area (Å²) < 4.78 is 5.97. The second kappa shape index (κ2) is 8.39. The van der Waals surface area contributed by atoms with Crippen molar-refractivity contribution in [3.8, 4) is 11.1 Å². The summed E-state index contributed by atoms with van der Waals surface area (Å²) in [6, 6.07) is 24.8. The number of ether oxygens (including phenoxy) is 1. The van der Waals surface area contributed by atoms with Gasteiger partial charge < -0.3 is 14.7 Å². The summed E-state index contributed by atoms with van der Waals surface area (Å²) >= 11 is 0. The number of hydrogen-bond donors (Lipinski definition) is 1. The molecule has 35 heavy (non-hydrogen) atoms. The number of aliphatic hydroxyl groups is 1. The van der Waals surface area contributed by atoms with E-state index in [1.54, 1.807) is 0 Å². The molecule has 0 saturated carbocycles. The first kappa shape index (κ1) is 22.1. The summed E-state index contributed by atoms with van der Waals surface area (Å²) in [5.74, 6) is 0.0533. The number of amides is 1. The maximum Gasteiger partial charge on any atom is 0.410 e. The molecule has 4 heteroatoms. The first-order chi connectivity index (χ1) is 16.9. The summed E-state index contributed by atoms with van der Waals surface area (Å²) in [6.07, 6.45) is 2.64. The Labute approximate surface area is 206 Å². The van der Waals surface area contributed by atoms with Crippen molar-refractivity contribution in [3.63, 3.8) is 0 Å². The lowest BCUT2D eigenvalue weighted by Gasteiger charge is -2.43. The molecule has 2 saturated heterocycles. The fourth-order valence-corrected chi connectivity index (χ4v) is 6.49. The summed E-state index contributed by atoms with van der Waals surface area (Å²) in [5, 5.41) is 11.6. The maximum absolute atomic E-state index is 13.3. The molecule has 2 aliphatic heterocycles. The van der Waals surface area contributed by atoms with E-state index in [-0.39, 0.29) is 24.1 Å². The van der Waals surface area contributed by atoms with Crippen LogP contribution in [0.15, 0.2) is 79.4 Å². The number of carbonyl (C=O) groups is 1. The van der Waals surface area contributed by atoms with E-state index < -0.39 is 5.60 Å². The lowest BCUT2D eigenvalue weighted by Crippen LogP contribution is -2.52. The Morgan fingerprint density at radius 3 is 2.03 bits per heavy atom. The standard InChI is InChI=1S/C31H31NO3/c1-20(2)21-11-13-22(14-12-21)31(34)17-23-15-16-24(18-31)32(23)30(33)35-19-29-27-9-5-3-7-25(27)26-8-4-6-10-28(26)29/h3-14,23-24,29,34H,1,15-19H2,2H3. The van der Waals surface area contributed by atoms with Crippen LogP contribution in [0.2, 0.25) is 0 Å². The number of carbonyl (C=O) groups excluding carboxylic acids is 1. The minimum absolute atomic E-state index is 0.00443. The Balaban J connectivity index is 1.17. The largest absolute Gasteiger partial charge is 0.448 e. The quantitative estimate of drug-likeness (QED) is 0.480. The first-order valence-electron chi connectivity index (χ1n) is 12.6. The molecule has 1 aliphatic carbocycles. The van der Waals surface area contributed by atoms with Crippen molar-refractivity contribution < 1.29 is 14.6 Å². The predicted octanol–water partition coefficient (Wildman–Crippen LogP) is 6.48. The molecule has 4 nitrogen and oxygen atoms in total. The molecule has 6 rings (SSSR count). The Kier molecular flexibility index (Phi) is 5.30. The third kappa shape index (κ3) is 3.68. The van der Waals surface area contributed by atoms with Crippen molar-refractivity contribution >= 4 is 11.7 Å². The van der Waals surface area contributed by atoms with E-state index in [1.807, 2.05) is 48.2 Å². The van der Waals surface area contributed by atoms with Gasteiger partial charge in [0, 0.05) is 30.8 Å². The molecule has 0 radical (unpaired) electrons. The number of fused-ring (bicyclic) bond motifs is 5. The van der Waals surface area contributed by atoms with Gasteiger partial charge in [-0.2, -0.15) is 0 Å². The van der Waals surface area contributed by atoms with Crippen LogP contribution in [-0.2, 0) is 10.3 Å². The van der Waals surface area contributed by atoms with Gasteiger partial charge >= 0.3 is 6.09 Å². The smallest absolute Gasteiger partial charge is 0.410 e. The molecule has 178 valence electrons. The molecule has 2 atom stereocenters. The zero-order valence-electron chi connectivity index (χ0n) is 20.1. The zero-order valence-corrected chi connectivity index (χ0v) is 20.1. The molecular formula is C31H31NO3. The number of hydrogen-bond acceptors (Lipinski definition) is 3. The van der Waals surface area contributed by atoms with Crippen LogP contribution < -0.4 is 0 Å². The number of allylic oxidation sites excluding steroid dienone is 1. The van der Waals surface area contributed by atoms with Gasteiger partial charge in [-0.05, 0) is 53.1 Å². The van der Waals surface area contributed by atoms with Crippen molar-refractivity contribution in [2.45, 2.75) is 56.2 Å². The van der Waals surface area contributed by atoms with Gasteiger partial charge in [-0.1, -0.05) is 84.9 Å². The molecule has 0 aromatic heterocycles. The van der Waals surface area contributed by atoms with E-state index in [1.165, 1.54) is 22.3 Å². The van der Waals surface area contributed by atoms with Gasteiger partial charge in [0.25, 0.3) is 0 Å². The summed E-state index contributed by atoms with van der Waals surface area (Å²) in [7, 11) is 0. The monoisotopic (exact) mass is 465 g/mol. The van der Waals surface area contributed by atoms with E-state index in [9.17, 15) is 9.90 Å². The molecule has 2 unspecified atom stereocenters. The second-order valence-electron chi connectivity index (χ2n) is 10.4. The van der Waals surface area contributed by atoms with Crippen LogP contribution >= 0.6 is 0 Å². The average Bonchev–Trinajstić information content (AvgIpc) is 3.34. The van der Waals surface area contributed by atoms with Gasteiger partial charge in [-0.15, -0.1) is 0 Å². The van der Waals surface area contributed by atoms with Crippen molar-refractivity contribution in [1.82, 2.24) is 4.90 Å². The number of benzene rings is 3. The minimum atomic E-state index is -0.917. The van der Waals surface area contributed by atoms with Gasteiger partial charge in [0.2, 0.25) is 0 Å². The van der Waals surface area contributed by atoms with Crippen LogP contribution in [-0.4, -0.2) is 34.8 Å². The van der Waals surface area contributed by atoms with Crippen molar-refractivity contribution in [3.05, 3.63) is 102 Å². The van der Waals surface area contributed by atoms with Gasteiger partial charge in [0.1, 0.15) is 6.61 Å². The van der Waals surface area contributed by atoms with E-state index in [2.05, 4.69) is 43.0 Å². The van der Waals surface area contributed by atoms with Crippen LogP contribution in [0, 0.1) is 0 Å². The van der Waals surface area contributed by atoms with Crippen LogP contribution in [0.4, 0.5) is 4.79 Å². The molecule has 2 bridgehead atoms. The average molecular weight is 466 g/mol. The highest BCUT2D eigenvalue weighted by molar-refractivity contribution is 5.79. The number of nitrogens with zero attached hydrogens (tertiary/aromatic N) is 1. The molecule has 1 amide bonds. The summed E-state index contributed by atoms with van der Waals surface area (Å²) in [5.41, 5.74) is 6.98. The Hall–Kier alpha value is -3.37. The van der Waals surface area contributed by atoms with E-state index in [0.717, 1.165) is 29.5 Å². The molecule has 0 spiro atoms. The molecule has 3 aliphatic rings. The fraction of sp³-hybridized carbons (Fsp3) is 0.323. The van der Waals surface area contributed by atoms with Crippen LogP contribution in [0.25, 0.3) is 16.7 Å². The normalized spacial score (nSPS) is 24.7. The van der Waals surface area contributed by atoms with Crippen molar-refractivity contribution in [2.24, 2.45) is 0 Å². The topological polar surface area (TPSA) is 49.8 Å². The van der Waals surface area contributed by atoms with E-state index in [4.69, 9.17) is 4.74 Å². The Bertz CT molecular complexity index is 1240. The van der Waals surface area contributed by atoms with E-state index >= 15 is 0 Å². The lowest BCUT2D eigenvalue weighted by atomic mass is 9.80. The highest BCUT2D eigenvalue weighted by atomic mass is 16.6. The highest BCUT2D eigenvalue weighted by Crippen LogP contribution is 2.47. The number of rotatable bonds is 4. The van der Waals surface area contributed by atoms with Crippen LogP contribution in [0.3, 0.4) is 0 Å². The zero-order chi connectivity index (χ0) is 24.2. The molecule has 3 aromatic rings. The summed E-state index contributed by atoms with van der Waals surface area (Å²) in [4.78, 5) is 15.2. The predicted molar refractivity (Wildman–Crippen MR) is 138 cm³/mol. The van der Waals surface area contributed by atoms with Crippen LogP contribution in [0.5, 0.6) is 0 Å². The van der Waals surface area contributed by atoms with Gasteiger partial charge in [-0.25, -0.2) is 4.79 Å². The molecule has 2 fully saturated rings. The molecule has 1 N–H and O–H groups in total. The second-order valence-corrected chi connectivity index (χ2v) is 10.4. The maximum atomic E-state index is 13.3. The first-order valence-corrected chi connectivity index (χ1v) is 12.6. The van der Waals surface area contributed by atoms with Gasteiger partial charge in [0.05, 0.1) is 5.60 Å². The van der Waals surface area contributed by atoms with Crippen molar-refractivity contribution in [1.29, 1.82) is 0 Å².